The summed E-state index contributed by atoms with van der Waals surface area (Å²) in [5.41, 5.74) is 0.820. The van der Waals surface area contributed by atoms with E-state index in [0.29, 0.717) is 0 Å². The third-order valence-corrected chi connectivity index (χ3v) is 3.67. The minimum absolute atomic E-state index is 0.0696. The zero-order valence-corrected chi connectivity index (χ0v) is 12.4. The molecule has 1 aliphatic rings. The standard InChI is InChI=1S/C9H13ClN3O8P/c10-4-2-13(9(15)11-8(4)12-16)7-1-5(14)6(21-7)3-20-22(17,18)19/h2,5-7,14,16H,1,3H2,(H,11,12,15)(H2,17,18,19)/p-2/t5-,6+,7+/m0/s1. The number of rotatable bonds is 5. The molecule has 1 saturated heterocycles. The van der Waals surface area contributed by atoms with Crippen LogP contribution in [0, 0.1) is 0 Å². The Bertz CT molecular complexity index is 648. The summed E-state index contributed by atoms with van der Waals surface area (Å²) in [7, 11) is -5.19. The smallest absolute Gasteiger partial charge is 0.351 e. The Morgan fingerprint density at radius 2 is 2.32 bits per heavy atom. The predicted octanol–water partition coefficient (Wildman–Crippen LogP) is -1.81. The molecule has 1 aromatic rings. The fourth-order valence-corrected chi connectivity index (χ4v) is 2.45. The van der Waals surface area contributed by atoms with Crippen LogP contribution in [0.25, 0.3) is 0 Å². The quantitative estimate of drug-likeness (QED) is 0.404. The average Bonchev–Trinajstić information content (AvgIpc) is 2.79. The first-order valence-electron chi connectivity index (χ1n) is 5.90. The number of hydrogen-bond donors (Lipinski definition) is 3. The minimum Gasteiger partial charge on any atom is -0.790 e. The van der Waals surface area contributed by atoms with Crippen molar-refractivity contribution in [2.45, 2.75) is 24.9 Å². The van der Waals surface area contributed by atoms with Crippen LogP contribution in [0.5, 0.6) is 0 Å². The summed E-state index contributed by atoms with van der Waals surface area (Å²) in [6.07, 6.45) is -2.19. The second-order valence-electron chi connectivity index (χ2n) is 4.41. The second-order valence-corrected chi connectivity index (χ2v) is 5.97. The van der Waals surface area contributed by atoms with Gasteiger partial charge in [-0.15, -0.1) is 0 Å². The normalized spacial score (nSPS) is 25.4. The highest BCUT2D eigenvalue weighted by atomic mass is 35.5. The maximum atomic E-state index is 11.8. The van der Waals surface area contributed by atoms with E-state index in [0.717, 1.165) is 10.8 Å². The highest BCUT2D eigenvalue weighted by Gasteiger charge is 2.36. The molecule has 0 unspecified atom stereocenters. The van der Waals surface area contributed by atoms with E-state index in [-0.39, 0.29) is 17.3 Å². The van der Waals surface area contributed by atoms with Crippen LogP contribution in [0.1, 0.15) is 12.6 Å². The fourth-order valence-electron chi connectivity index (χ4n) is 1.93. The lowest BCUT2D eigenvalue weighted by atomic mass is 10.2. The molecule has 0 spiro atoms. The first-order valence-corrected chi connectivity index (χ1v) is 7.74. The molecule has 2 heterocycles. The van der Waals surface area contributed by atoms with Gasteiger partial charge in [0.05, 0.1) is 20.5 Å². The van der Waals surface area contributed by atoms with Crippen molar-refractivity contribution in [3.63, 3.8) is 0 Å². The number of phosphoric ester groups is 1. The van der Waals surface area contributed by atoms with Crippen LogP contribution in [-0.4, -0.2) is 38.7 Å². The molecule has 0 aliphatic carbocycles. The van der Waals surface area contributed by atoms with Crippen molar-refractivity contribution >= 4 is 25.2 Å². The zero-order chi connectivity index (χ0) is 16.5. The van der Waals surface area contributed by atoms with Gasteiger partial charge in [-0.2, -0.15) is 4.98 Å². The summed E-state index contributed by atoms with van der Waals surface area (Å²) in [5, 5.41) is 18.4. The molecule has 1 fully saturated rings. The Balaban J connectivity index is 2.14. The molecule has 0 aromatic carbocycles. The molecule has 0 bridgehead atoms. The number of hydrogen-bond acceptors (Lipinski definition) is 10. The van der Waals surface area contributed by atoms with Crippen molar-refractivity contribution in [1.82, 2.24) is 9.55 Å². The van der Waals surface area contributed by atoms with Crippen molar-refractivity contribution < 1.29 is 33.9 Å². The maximum absolute atomic E-state index is 11.8. The van der Waals surface area contributed by atoms with Crippen LogP contribution >= 0.6 is 19.4 Å². The van der Waals surface area contributed by atoms with E-state index >= 15 is 0 Å². The van der Waals surface area contributed by atoms with Gasteiger partial charge in [-0.3, -0.25) is 15.3 Å². The number of halogens is 1. The van der Waals surface area contributed by atoms with Crippen LogP contribution < -0.4 is 21.0 Å². The number of anilines is 1. The van der Waals surface area contributed by atoms with E-state index in [1.807, 2.05) is 0 Å². The van der Waals surface area contributed by atoms with Crippen molar-refractivity contribution in [3.8, 4) is 0 Å². The van der Waals surface area contributed by atoms with E-state index < -0.39 is 38.6 Å². The molecular formula is C9H11ClN3O8P-2. The van der Waals surface area contributed by atoms with Crippen LogP contribution in [0.3, 0.4) is 0 Å². The number of aromatic nitrogens is 2. The lowest BCUT2D eigenvalue weighted by Crippen LogP contribution is -2.30. The Hall–Kier alpha value is -1.04. The average molecular weight is 356 g/mol. The third-order valence-electron chi connectivity index (χ3n) is 2.92. The van der Waals surface area contributed by atoms with Gasteiger partial charge < -0.3 is 28.7 Å². The van der Waals surface area contributed by atoms with E-state index in [1.165, 1.54) is 0 Å². The van der Waals surface area contributed by atoms with E-state index in [1.54, 1.807) is 5.48 Å². The number of ether oxygens (including phenoxy) is 1. The molecular weight excluding hydrogens is 345 g/mol. The van der Waals surface area contributed by atoms with E-state index in [2.05, 4.69) is 9.51 Å². The van der Waals surface area contributed by atoms with Gasteiger partial charge in [0.1, 0.15) is 17.4 Å². The lowest BCUT2D eigenvalue weighted by molar-refractivity contribution is -0.343. The predicted molar refractivity (Wildman–Crippen MR) is 67.0 cm³/mol. The third kappa shape index (κ3) is 4.03. The Morgan fingerprint density at radius 3 is 2.91 bits per heavy atom. The highest BCUT2D eigenvalue weighted by molar-refractivity contribution is 7.43. The fraction of sp³-hybridized carbons (Fsp3) is 0.556. The van der Waals surface area contributed by atoms with Gasteiger partial charge in [-0.05, 0) is 0 Å². The summed E-state index contributed by atoms with van der Waals surface area (Å²) in [6, 6.07) is 0. The van der Waals surface area contributed by atoms with Crippen LogP contribution in [0.2, 0.25) is 5.02 Å². The maximum Gasteiger partial charge on any atom is 0.351 e. The van der Waals surface area contributed by atoms with Crippen molar-refractivity contribution in [2.24, 2.45) is 0 Å². The molecule has 3 N–H and O–H groups in total. The summed E-state index contributed by atoms with van der Waals surface area (Å²) in [5.74, 6) is -0.250. The molecule has 11 nitrogen and oxygen atoms in total. The summed E-state index contributed by atoms with van der Waals surface area (Å²) in [4.78, 5) is 36.1. The molecule has 22 heavy (non-hydrogen) atoms. The second kappa shape index (κ2) is 6.60. The van der Waals surface area contributed by atoms with Gasteiger partial charge in [0.2, 0.25) is 0 Å². The molecule has 13 heteroatoms. The first kappa shape index (κ1) is 17.3. The van der Waals surface area contributed by atoms with E-state index in [4.69, 9.17) is 21.5 Å². The van der Waals surface area contributed by atoms with Gasteiger partial charge in [0.25, 0.3) is 0 Å². The topological polar surface area (TPSA) is 169 Å². The molecule has 0 saturated carbocycles. The van der Waals surface area contributed by atoms with Crippen molar-refractivity contribution in [1.29, 1.82) is 0 Å². The summed E-state index contributed by atoms with van der Waals surface area (Å²) in [6.45, 7) is -0.672. The molecule has 2 rings (SSSR count). The zero-order valence-electron chi connectivity index (χ0n) is 10.8. The van der Waals surface area contributed by atoms with Gasteiger partial charge in [-0.1, -0.05) is 11.6 Å². The Kier molecular flexibility index (Phi) is 5.20. The molecule has 1 aromatic heterocycles. The number of aliphatic hydroxyl groups excluding tert-OH is 1. The largest absolute Gasteiger partial charge is 0.790 e. The number of aliphatic hydroxyl groups is 1. The van der Waals surface area contributed by atoms with Gasteiger partial charge in [-0.25, -0.2) is 4.79 Å². The van der Waals surface area contributed by atoms with Gasteiger partial charge >= 0.3 is 5.69 Å². The molecule has 0 amide bonds. The molecule has 0 radical (unpaired) electrons. The Labute approximate surface area is 128 Å². The van der Waals surface area contributed by atoms with Gasteiger partial charge in [0.15, 0.2) is 5.82 Å². The van der Waals surface area contributed by atoms with Crippen LogP contribution in [0.15, 0.2) is 11.0 Å². The Morgan fingerprint density at radius 1 is 1.64 bits per heavy atom. The van der Waals surface area contributed by atoms with E-state index in [9.17, 15) is 24.3 Å². The monoisotopic (exact) mass is 355 g/mol. The number of nitrogens with one attached hydrogen (secondary N) is 1. The van der Waals surface area contributed by atoms with Crippen LogP contribution in [-0.2, 0) is 13.8 Å². The summed E-state index contributed by atoms with van der Waals surface area (Å²) >= 11 is 5.77. The summed E-state index contributed by atoms with van der Waals surface area (Å²) < 4.78 is 20.7. The van der Waals surface area contributed by atoms with Crippen molar-refractivity contribution in [3.05, 3.63) is 21.7 Å². The molecule has 3 atom stereocenters. The lowest BCUT2D eigenvalue weighted by Gasteiger charge is -2.30. The molecule has 1 aliphatic heterocycles. The molecule has 124 valence electrons. The van der Waals surface area contributed by atoms with Gasteiger partial charge in [0, 0.05) is 12.6 Å². The number of phosphoric acid groups is 1. The van der Waals surface area contributed by atoms with Crippen molar-refractivity contribution in [2.75, 3.05) is 12.1 Å². The SMILES string of the molecule is O=c1nc(NO)c(Cl)cn1[C@H]1C[C@H](O)[C@@H](COP(=O)([O-])[O-])O1. The first-order chi connectivity index (χ1) is 10.2. The van der Waals surface area contributed by atoms with Crippen LogP contribution in [0.4, 0.5) is 5.82 Å². The minimum atomic E-state index is -5.19. The number of nitrogens with zero attached hydrogens (tertiary/aromatic N) is 2. The highest BCUT2D eigenvalue weighted by Crippen LogP contribution is 2.32.